The summed E-state index contributed by atoms with van der Waals surface area (Å²) < 4.78 is 5.82. The van der Waals surface area contributed by atoms with Crippen LogP contribution in [0.2, 0.25) is 0 Å². The summed E-state index contributed by atoms with van der Waals surface area (Å²) in [5.74, 6) is 0.735. The molecular weight excluding hydrogens is 186 g/mol. The third-order valence-electron chi connectivity index (χ3n) is 3.54. The average molecular weight is 213 g/mol. The zero-order valence-corrected chi connectivity index (χ0v) is 10.8. The monoisotopic (exact) mass is 213 g/mol. The molecule has 1 rings (SSSR count). The van der Waals surface area contributed by atoms with Crippen molar-refractivity contribution in [1.82, 2.24) is 5.32 Å². The molecule has 1 N–H and O–H groups in total. The summed E-state index contributed by atoms with van der Waals surface area (Å²) in [5, 5.41) is 3.39. The second kappa shape index (κ2) is 6.49. The molecule has 0 bridgehead atoms. The maximum Gasteiger partial charge on any atom is 0.0579 e. The normalized spacial score (nSPS) is 28.6. The van der Waals surface area contributed by atoms with Crippen molar-refractivity contribution < 1.29 is 4.74 Å². The van der Waals surface area contributed by atoms with Gasteiger partial charge in [-0.1, -0.05) is 13.8 Å². The maximum absolute atomic E-state index is 5.82. The van der Waals surface area contributed by atoms with Crippen LogP contribution in [0.3, 0.4) is 0 Å². The van der Waals surface area contributed by atoms with Crippen molar-refractivity contribution >= 4 is 0 Å². The Hall–Kier alpha value is -0.0800. The second-order valence-corrected chi connectivity index (χ2v) is 5.22. The van der Waals surface area contributed by atoms with E-state index in [1.807, 2.05) is 0 Å². The fourth-order valence-corrected chi connectivity index (χ4v) is 2.47. The smallest absolute Gasteiger partial charge is 0.0579 e. The summed E-state index contributed by atoms with van der Waals surface area (Å²) in [4.78, 5) is 0. The SMILES string of the molecule is CNC(CCCC1CCC(C)O1)C(C)C. The molecule has 1 fully saturated rings. The molecule has 0 aromatic rings. The van der Waals surface area contributed by atoms with Gasteiger partial charge in [0.2, 0.25) is 0 Å². The van der Waals surface area contributed by atoms with E-state index in [0.717, 1.165) is 5.92 Å². The quantitative estimate of drug-likeness (QED) is 0.732. The van der Waals surface area contributed by atoms with E-state index in [4.69, 9.17) is 4.74 Å². The molecule has 3 atom stereocenters. The van der Waals surface area contributed by atoms with Crippen LogP contribution in [-0.4, -0.2) is 25.3 Å². The van der Waals surface area contributed by atoms with Crippen LogP contribution in [0.25, 0.3) is 0 Å². The minimum Gasteiger partial charge on any atom is -0.375 e. The van der Waals surface area contributed by atoms with Crippen LogP contribution in [0.1, 0.15) is 52.9 Å². The molecule has 0 aromatic heterocycles. The van der Waals surface area contributed by atoms with Gasteiger partial charge in [0.05, 0.1) is 12.2 Å². The predicted molar refractivity (Wildman–Crippen MR) is 65.1 cm³/mol. The van der Waals surface area contributed by atoms with Crippen molar-refractivity contribution in [3.05, 3.63) is 0 Å². The van der Waals surface area contributed by atoms with Crippen molar-refractivity contribution in [2.45, 2.75) is 71.1 Å². The molecular formula is C13H27NO. The van der Waals surface area contributed by atoms with Gasteiger partial charge in [-0.3, -0.25) is 0 Å². The minimum absolute atomic E-state index is 0.500. The summed E-state index contributed by atoms with van der Waals surface area (Å²) in [5.41, 5.74) is 0. The number of ether oxygens (including phenoxy) is 1. The molecule has 0 spiro atoms. The molecule has 3 unspecified atom stereocenters. The molecule has 0 radical (unpaired) electrons. The third-order valence-corrected chi connectivity index (χ3v) is 3.54. The van der Waals surface area contributed by atoms with Gasteiger partial charge in [-0.2, -0.15) is 0 Å². The van der Waals surface area contributed by atoms with Crippen LogP contribution in [0.15, 0.2) is 0 Å². The molecule has 1 saturated heterocycles. The van der Waals surface area contributed by atoms with E-state index in [1.165, 1.54) is 32.1 Å². The fourth-order valence-electron chi connectivity index (χ4n) is 2.47. The van der Waals surface area contributed by atoms with Crippen molar-refractivity contribution in [3.63, 3.8) is 0 Å². The van der Waals surface area contributed by atoms with Crippen LogP contribution in [-0.2, 0) is 4.74 Å². The van der Waals surface area contributed by atoms with Crippen molar-refractivity contribution in [2.75, 3.05) is 7.05 Å². The van der Waals surface area contributed by atoms with Gasteiger partial charge < -0.3 is 10.1 Å². The average Bonchev–Trinajstić information content (AvgIpc) is 2.58. The van der Waals surface area contributed by atoms with E-state index in [2.05, 4.69) is 33.1 Å². The van der Waals surface area contributed by atoms with E-state index in [-0.39, 0.29) is 0 Å². The van der Waals surface area contributed by atoms with Crippen molar-refractivity contribution in [2.24, 2.45) is 5.92 Å². The molecule has 1 heterocycles. The molecule has 0 aliphatic carbocycles. The highest BCUT2D eigenvalue weighted by Gasteiger charge is 2.21. The molecule has 1 aliphatic rings. The standard InChI is InChI=1S/C13H27NO/c1-10(2)13(14-4)7-5-6-12-9-8-11(3)15-12/h10-14H,5-9H2,1-4H3. The Morgan fingerprint density at radius 2 is 2.07 bits per heavy atom. The molecule has 2 heteroatoms. The molecule has 0 saturated carbocycles. The second-order valence-electron chi connectivity index (χ2n) is 5.22. The number of hydrogen-bond acceptors (Lipinski definition) is 2. The lowest BCUT2D eigenvalue weighted by atomic mass is 9.97. The highest BCUT2D eigenvalue weighted by Crippen LogP contribution is 2.23. The van der Waals surface area contributed by atoms with Crippen molar-refractivity contribution in [1.29, 1.82) is 0 Å². The van der Waals surface area contributed by atoms with Crippen LogP contribution in [0.5, 0.6) is 0 Å². The summed E-state index contributed by atoms with van der Waals surface area (Å²) in [6.45, 7) is 6.76. The van der Waals surface area contributed by atoms with Gasteiger partial charge in [0.1, 0.15) is 0 Å². The van der Waals surface area contributed by atoms with Crippen LogP contribution >= 0.6 is 0 Å². The van der Waals surface area contributed by atoms with E-state index in [0.29, 0.717) is 18.2 Å². The van der Waals surface area contributed by atoms with Gasteiger partial charge in [-0.05, 0) is 52.0 Å². The maximum atomic E-state index is 5.82. The van der Waals surface area contributed by atoms with E-state index >= 15 is 0 Å². The van der Waals surface area contributed by atoms with Gasteiger partial charge in [0, 0.05) is 6.04 Å². The lowest BCUT2D eigenvalue weighted by Crippen LogP contribution is -2.30. The molecule has 0 aromatic carbocycles. The van der Waals surface area contributed by atoms with Crippen molar-refractivity contribution in [3.8, 4) is 0 Å². The summed E-state index contributed by atoms with van der Waals surface area (Å²) >= 11 is 0. The lowest BCUT2D eigenvalue weighted by Gasteiger charge is -2.20. The zero-order valence-electron chi connectivity index (χ0n) is 10.8. The zero-order chi connectivity index (χ0) is 11.3. The molecule has 1 aliphatic heterocycles. The molecule has 15 heavy (non-hydrogen) atoms. The first-order valence-corrected chi connectivity index (χ1v) is 6.46. The Bertz CT molecular complexity index is 170. The Morgan fingerprint density at radius 3 is 2.53 bits per heavy atom. The van der Waals surface area contributed by atoms with E-state index in [1.54, 1.807) is 0 Å². The van der Waals surface area contributed by atoms with E-state index in [9.17, 15) is 0 Å². The summed E-state index contributed by atoms with van der Waals surface area (Å²) in [6.07, 6.45) is 7.39. The molecule has 0 amide bonds. The largest absolute Gasteiger partial charge is 0.375 e. The number of nitrogens with one attached hydrogen (secondary N) is 1. The van der Waals surface area contributed by atoms with Gasteiger partial charge in [0.25, 0.3) is 0 Å². The number of hydrogen-bond donors (Lipinski definition) is 1. The first kappa shape index (κ1) is 13.0. The highest BCUT2D eigenvalue weighted by molar-refractivity contribution is 4.73. The molecule has 90 valence electrons. The van der Waals surface area contributed by atoms with Gasteiger partial charge in [-0.15, -0.1) is 0 Å². The Balaban J connectivity index is 2.10. The van der Waals surface area contributed by atoms with Crippen LogP contribution in [0, 0.1) is 5.92 Å². The van der Waals surface area contributed by atoms with Crippen LogP contribution < -0.4 is 5.32 Å². The van der Waals surface area contributed by atoms with E-state index < -0.39 is 0 Å². The highest BCUT2D eigenvalue weighted by atomic mass is 16.5. The van der Waals surface area contributed by atoms with Gasteiger partial charge in [-0.25, -0.2) is 0 Å². The topological polar surface area (TPSA) is 21.3 Å². The minimum atomic E-state index is 0.500. The Morgan fingerprint density at radius 1 is 1.33 bits per heavy atom. The lowest BCUT2D eigenvalue weighted by molar-refractivity contribution is 0.0489. The van der Waals surface area contributed by atoms with Gasteiger partial charge in [0.15, 0.2) is 0 Å². The first-order valence-electron chi connectivity index (χ1n) is 6.46. The number of rotatable bonds is 6. The summed E-state index contributed by atoms with van der Waals surface area (Å²) in [7, 11) is 2.07. The Kier molecular flexibility index (Phi) is 5.62. The summed E-state index contributed by atoms with van der Waals surface area (Å²) in [6, 6.07) is 0.670. The first-order chi connectivity index (χ1) is 7.13. The Labute approximate surface area is 94.8 Å². The van der Waals surface area contributed by atoms with Gasteiger partial charge >= 0.3 is 0 Å². The predicted octanol–water partition coefficient (Wildman–Crippen LogP) is 2.97. The third kappa shape index (κ3) is 4.52. The fraction of sp³-hybridized carbons (Fsp3) is 1.00. The molecule has 2 nitrogen and oxygen atoms in total. The van der Waals surface area contributed by atoms with Crippen LogP contribution in [0.4, 0.5) is 0 Å².